The molecule has 1 aliphatic rings. The van der Waals surface area contributed by atoms with Gasteiger partial charge in [-0.25, -0.2) is 4.99 Å². The number of hydrogen-bond acceptors (Lipinski definition) is 4. The van der Waals surface area contributed by atoms with Crippen molar-refractivity contribution >= 4 is 34.6 Å². The number of nitrogens with zero attached hydrogens (tertiary/aromatic N) is 2. The van der Waals surface area contributed by atoms with Gasteiger partial charge >= 0.3 is 0 Å². The van der Waals surface area contributed by atoms with E-state index in [9.17, 15) is 4.79 Å². The number of benzene rings is 3. The molecule has 1 aliphatic heterocycles. The fourth-order valence-electron chi connectivity index (χ4n) is 3.46. The van der Waals surface area contributed by atoms with Crippen molar-refractivity contribution in [2.24, 2.45) is 10.9 Å². The second kappa shape index (κ2) is 10.5. The summed E-state index contributed by atoms with van der Waals surface area (Å²) < 4.78 is 6.08. The van der Waals surface area contributed by atoms with Gasteiger partial charge < -0.3 is 4.74 Å². The number of hydrogen-bond donors (Lipinski definition) is 0. The molecule has 0 spiro atoms. The molecule has 0 atom stereocenters. The summed E-state index contributed by atoms with van der Waals surface area (Å²) in [5, 5.41) is 0.714. The van der Waals surface area contributed by atoms with E-state index in [4.69, 9.17) is 9.73 Å². The molecule has 0 aromatic heterocycles. The van der Waals surface area contributed by atoms with Crippen LogP contribution in [0.2, 0.25) is 0 Å². The van der Waals surface area contributed by atoms with Crippen LogP contribution in [0.1, 0.15) is 30.5 Å². The molecular weight excluding hydrogens is 428 g/mol. The van der Waals surface area contributed by atoms with Crippen LogP contribution in [-0.2, 0) is 11.4 Å². The molecule has 0 unspecified atom stereocenters. The number of ether oxygens (including phenoxy) is 1. The predicted octanol–water partition coefficient (Wildman–Crippen LogP) is 6.83. The standard InChI is InChI=1S/C28H28N2O2S/c1-20(2)18-30-27(31)26(33-28(30)29-24-15-13-21(3)14-16-24)17-23-11-7-8-12-25(23)32-19-22-9-5-4-6-10-22/h4-17,20H,18-19H2,1-3H3/b26-17+,29-28?. The van der Waals surface area contributed by atoms with Gasteiger partial charge in [0.05, 0.1) is 10.6 Å². The van der Waals surface area contributed by atoms with Crippen molar-refractivity contribution in [3.05, 3.63) is 100 Å². The van der Waals surface area contributed by atoms with Crippen LogP contribution in [0.4, 0.5) is 5.69 Å². The largest absolute Gasteiger partial charge is 0.488 e. The molecule has 0 bridgehead atoms. The Labute approximate surface area is 200 Å². The highest BCUT2D eigenvalue weighted by Gasteiger charge is 2.33. The zero-order valence-corrected chi connectivity index (χ0v) is 20.0. The van der Waals surface area contributed by atoms with E-state index in [0.29, 0.717) is 29.1 Å². The summed E-state index contributed by atoms with van der Waals surface area (Å²) in [7, 11) is 0. The first-order chi connectivity index (χ1) is 16.0. The first-order valence-corrected chi connectivity index (χ1v) is 11.9. The van der Waals surface area contributed by atoms with Gasteiger partial charge in [-0.3, -0.25) is 9.69 Å². The average molecular weight is 457 g/mol. The minimum absolute atomic E-state index is 0.0163. The number of para-hydroxylation sites is 1. The molecule has 0 aliphatic carbocycles. The third-order valence-electron chi connectivity index (χ3n) is 5.14. The van der Waals surface area contributed by atoms with Crippen LogP contribution in [0.15, 0.2) is 88.8 Å². The minimum atomic E-state index is -0.0163. The lowest BCUT2D eigenvalue weighted by molar-refractivity contribution is -0.122. The van der Waals surface area contributed by atoms with Gasteiger partial charge in [-0.15, -0.1) is 0 Å². The summed E-state index contributed by atoms with van der Waals surface area (Å²) in [5.74, 6) is 1.07. The Morgan fingerprint density at radius 1 is 0.970 bits per heavy atom. The van der Waals surface area contributed by atoms with Gasteiger partial charge in [0.2, 0.25) is 0 Å². The number of thioether (sulfide) groups is 1. The van der Waals surface area contributed by atoms with E-state index in [0.717, 1.165) is 22.6 Å². The van der Waals surface area contributed by atoms with Gasteiger partial charge in [0.25, 0.3) is 5.91 Å². The number of aliphatic imine (C=N–C) groups is 1. The molecule has 168 valence electrons. The van der Waals surface area contributed by atoms with Crippen molar-refractivity contribution in [1.29, 1.82) is 0 Å². The fraction of sp³-hybridized carbons (Fsp3) is 0.214. The van der Waals surface area contributed by atoms with Gasteiger partial charge in [0.15, 0.2) is 5.17 Å². The Kier molecular flexibility index (Phi) is 7.30. The number of aryl methyl sites for hydroxylation is 1. The Morgan fingerprint density at radius 3 is 2.39 bits per heavy atom. The number of amidine groups is 1. The molecule has 0 radical (unpaired) electrons. The maximum atomic E-state index is 13.3. The van der Waals surface area contributed by atoms with E-state index in [-0.39, 0.29) is 5.91 Å². The van der Waals surface area contributed by atoms with Crippen LogP contribution in [0.3, 0.4) is 0 Å². The molecule has 1 saturated heterocycles. The maximum Gasteiger partial charge on any atom is 0.266 e. The van der Waals surface area contributed by atoms with Gasteiger partial charge in [-0.1, -0.05) is 80.1 Å². The smallest absolute Gasteiger partial charge is 0.266 e. The summed E-state index contributed by atoms with van der Waals surface area (Å²) in [6.07, 6.45) is 1.91. The average Bonchev–Trinajstić information content (AvgIpc) is 3.09. The van der Waals surface area contributed by atoms with E-state index in [1.165, 1.54) is 17.3 Å². The molecule has 1 fully saturated rings. The third kappa shape index (κ3) is 5.93. The second-order valence-corrected chi connectivity index (χ2v) is 9.47. The SMILES string of the molecule is Cc1ccc(N=C2S/C(=C/c3ccccc3OCc3ccccc3)C(=O)N2CC(C)C)cc1. The highest BCUT2D eigenvalue weighted by molar-refractivity contribution is 8.18. The summed E-state index contributed by atoms with van der Waals surface area (Å²) in [6.45, 7) is 7.36. The zero-order valence-electron chi connectivity index (χ0n) is 19.2. The number of carbonyl (C=O) groups excluding carboxylic acids is 1. The first-order valence-electron chi connectivity index (χ1n) is 11.1. The van der Waals surface area contributed by atoms with Crippen LogP contribution in [-0.4, -0.2) is 22.5 Å². The number of rotatable bonds is 7. The topological polar surface area (TPSA) is 41.9 Å². The van der Waals surface area contributed by atoms with Crippen LogP contribution in [0.5, 0.6) is 5.75 Å². The molecule has 0 saturated carbocycles. The van der Waals surface area contributed by atoms with Gasteiger partial charge in [0, 0.05) is 12.1 Å². The van der Waals surface area contributed by atoms with Gasteiger partial charge in [0.1, 0.15) is 12.4 Å². The zero-order chi connectivity index (χ0) is 23.2. The van der Waals surface area contributed by atoms with E-state index in [1.54, 1.807) is 4.90 Å². The predicted molar refractivity (Wildman–Crippen MR) is 138 cm³/mol. The van der Waals surface area contributed by atoms with Crippen LogP contribution < -0.4 is 4.74 Å². The molecule has 3 aromatic carbocycles. The van der Waals surface area contributed by atoms with Crippen molar-refractivity contribution in [3.8, 4) is 5.75 Å². The Balaban J connectivity index is 1.61. The number of amides is 1. The molecule has 3 aromatic rings. The lowest BCUT2D eigenvalue weighted by atomic mass is 10.1. The van der Waals surface area contributed by atoms with Crippen molar-refractivity contribution in [1.82, 2.24) is 4.90 Å². The van der Waals surface area contributed by atoms with Crippen LogP contribution in [0, 0.1) is 12.8 Å². The lowest BCUT2D eigenvalue weighted by Gasteiger charge is -2.17. The van der Waals surface area contributed by atoms with E-state index in [1.807, 2.05) is 91.9 Å². The Bertz CT molecular complexity index is 1170. The summed E-state index contributed by atoms with van der Waals surface area (Å²) in [5.41, 5.74) is 4.01. The van der Waals surface area contributed by atoms with Crippen LogP contribution >= 0.6 is 11.8 Å². The quantitative estimate of drug-likeness (QED) is 0.366. The minimum Gasteiger partial charge on any atom is -0.488 e. The van der Waals surface area contributed by atoms with Crippen molar-refractivity contribution in [2.45, 2.75) is 27.4 Å². The molecule has 33 heavy (non-hydrogen) atoms. The molecule has 5 heteroatoms. The fourth-order valence-corrected chi connectivity index (χ4v) is 4.45. The molecule has 4 rings (SSSR count). The van der Waals surface area contributed by atoms with E-state index < -0.39 is 0 Å². The van der Waals surface area contributed by atoms with Crippen molar-refractivity contribution in [2.75, 3.05) is 6.54 Å². The summed E-state index contributed by atoms with van der Waals surface area (Å²) in [6, 6.07) is 25.9. The molecule has 1 amide bonds. The molecule has 0 N–H and O–H groups in total. The van der Waals surface area contributed by atoms with Crippen molar-refractivity contribution in [3.63, 3.8) is 0 Å². The Hall–Kier alpha value is -3.31. The monoisotopic (exact) mass is 456 g/mol. The highest BCUT2D eigenvalue weighted by Crippen LogP contribution is 2.36. The third-order valence-corrected chi connectivity index (χ3v) is 6.14. The highest BCUT2D eigenvalue weighted by atomic mass is 32.2. The van der Waals surface area contributed by atoms with Gasteiger partial charge in [-0.05, 0) is 54.4 Å². The summed E-state index contributed by atoms with van der Waals surface area (Å²) >= 11 is 1.42. The second-order valence-electron chi connectivity index (χ2n) is 8.46. The lowest BCUT2D eigenvalue weighted by Crippen LogP contribution is -2.32. The number of carbonyl (C=O) groups is 1. The van der Waals surface area contributed by atoms with Crippen LogP contribution in [0.25, 0.3) is 6.08 Å². The Morgan fingerprint density at radius 2 is 1.67 bits per heavy atom. The summed E-state index contributed by atoms with van der Waals surface area (Å²) in [4.78, 5) is 20.5. The maximum absolute atomic E-state index is 13.3. The molecular formula is C28H28N2O2S. The normalized spacial score (nSPS) is 16.2. The van der Waals surface area contributed by atoms with Crippen molar-refractivity contribution < 1.29 is 9.53 Å². The molecule has 4 nitrogen and oxygen atoms in total. The van der Waals surface area contributed by atoms with E-state index in [2.05, 4.69) is 13.8 Å². The van der Waals surface area contributed by atoms with E-state index >= 15 is 0 Å². The molecule has 1 heterocycles. The van der Waals surface area contributed by atoms with Gasteiger partial charge in [-0.2, -0.15) is 0 Å². The first kappa shape index (κ1) is 22.9.